The van der Waals surface area contributed by atoms with E-state index in [9.17, 15) is 9.59 Å². The fourth-order valence-electron chi connectivity index (χ4n) is 2.55. The van der Waals surface area contributed by atoms with E-state index in [2.05, 4.69) is 17.6 Å². The molecule has 0 aromatic rings. The Morgan fingerprint density at radius 3 is 2.09 bits per heavy atom. The molecule has 23 heavy (non-hydrogen) atoms. The summed E-state index contributed by atoms with van der Waals surface area (Å²) in [5, 5.41) is 14.6. The number of unbranched alkanes of at least 4 members (excludes halogenated alkanes) is 6. The second kappa shape index (κ2) is 12.2. The maximum absolute atomic E-state index is 11.9. The van der Waals surface area contributed by atoms with Gasteiger partial charge >= 0.3 is 12.0 Å². The summed E-state index contributed by atoms with van der Waals surface area (Å²) in [4.78, 5) is 22.8. The Morgan fingerprint density at radius 2 is 1.57 bits per heavy atom. The first-order valence-electron chi connectivity index (χ1n) is 8.81. The third kappa shape index (κ3) is 15.4. The molecule has 1 atom stereocenters. The summed E-state index contributed by atoms with van der Waals surface area (Å²) in [5.41, 5.74) is 0. The topological polar surface area (TPSA) is 78.4 Å². The van der Waals surface area contributed by atoms with Crippen molar-refractivity contribution in [1.29, 1.82) is 0 Å². The van der Waals surface area contributed by atoms with Crippen molar-refractivity contribution in [3.8, 4) is 0 Å². The molecule has 0 bridgehead atoms. The second-order valence-electron chi connectivity index (χ2n) is 7.29. The van der Waals surface area contributed by atoms with Gasteiger partial charge in [-0.05, 0) is 6.42 Å². The lowest BCUT2D eigenvalue weighted by Crippen LogP contribution is -2.52. The highest BCUT2D eigenvalue weighted by molar-refractivity contribution is 5.75. The molecule has 0 saturated carbocycles. The molecular weight excluding hydrogens is 294 g/mol. The molecule has 0 heterocycles. The first-order chi connectivity index (χ1) is 10.7. The van der Waals surface area contributed by atoms with Crippen molar-refractivity contribution in [2.45, 2.75) is 64.3 Å². The van der Waals surface area contributed by atoms with Gasteiger partial charge in [0.1, 0.15) is 0 Å². The van der Waals surface area contributed by atoms with Crippen LogP contribution < -0.4 is 10.6 Å². The number of aliphatic carboxylic acids is 1. The lowest BCUT2D eigenvalue weighted by atomic mass is 10.1. The van der Waals surface area contributed by atoms with Gasteiger partial charge in [-0.3, -0.25) is 4.79 Å². The molecule has 6 nitrogen and oxygen atoms in total. The van der Waals surface area contributed by atoms with Crippen molar-refractivity contribution in [3.63, 3.8) is 0 Å². The van der Waals surface area contributed by atoms with Crippen LogP contribution in [0.15, 0.2) is 0 Å². The van der Waals surface area contributed by atoms with Crippen LogP contribution in [0.2, 0.25) is 0 Å². The highest BCUT2D eigenvalue weighted by atomic mass is 16.4. The number of nitrogens with one attached hydrogen (secondary N) is 2. The van der Waals surface area contributed by atoms with Gasteiger partial charge < -0.3 is 20.2 Å². The van der Waals surface area contributed by atoms with Crippen LogP contribution in [0, 0.1) is 0 Å². The highest BCUT2D eigenvalue weighted by Gasteiger charge is 2.22. The number of quaternary nitrogens is 1. The van der Waals surface area contributed by atoms with Gasteiger partial charge in [0.15, 0.2) is 0 Å². The van der Waals surface area contributed by atoms with Gasteiger partial charge in [-0.15, -0.1) is 0 Å². The normalized spacial score (nSPS) is 12.7. The maximum atomic E-state index is 11.9. The van der Waals surface area contributed by atoms with Crippen molar-refractivity contribution in [1.82, 2.24) is 10.6 Å². The van der Waals surface area contributed by atoms with Crippen LogP contribution >= 0.6 is 0 Å². The van der Waals surface area contributed by atoms with Crippen LogP contribution in [0.25, 0.3) is 0 Å². The average Bonchev–Trinajstić information content (AvgIpc) is 2.39. The quantitative estimate of drug-likeness (QED) is 0.359. The summed E-state index contributed by atoms with van der Waals surface area (Å²) in [6.07, 6.45) is 8.38. The zero-order chi connectivity index (χ0) is 17.7. The highest BCUT2D eigenvalue weighted by Crippen LogP contribution is 2.06. The molecule has 136 valence electrons. The average molecular weight is 330 g/mol. The second-order valence-corrected chi connectivity index (χ2v) is 7.29. The van der Waals surface area contributed by atoms with Crippen LogP contribution in [0.5, 0.6) is 0 Å². The Balaban J connectivity index is 3.88. The molecule has 0 aromatic carbocycles. The number of nitrogens with zero attached hydrogens (tertiary/aromatic N) is 1. The number of carboxylic acid groups (broad SMARTS) is 1. The van der Waals surface area contributed by atoms with E-state index < -0.39 is 5.97 Å². The molecule has 1 unspecified atom stereocenters. The molecule has 0 aliphatic heterocycles. The Hall–Kier alpha value is -1.30. The smallest absolute Gasteiger partial charge is 0.315 e. The lowest BCUT2D eigenvalue weighted by molar-refractivity contribution is -0.871. The number of amides is 2. The van der Waals surface area contributed by atoms with Crippen LogP contribution in [0.3, 0.4) is 0 Å². The number of carbonyl (C=O) groups is 2. The van der Waals surface area contributed by atoms with E-state index in [-0.39, 0.29) is 18.5 Å². The van der Waals surface area contributed by atoms with Gasteiger partial charge in [0.2, 0.25) is 0 Å². The molecule has 0 saturated heterocycles. The number of hydrogen-bond acceptors (Lipinski definition) is 2. The number of likely N-dealkylation sites (N-methyl/N-ethyl adjacent to an activating group) is 1. The third-order valence-electron chi connectivity index (χ3n) is 3.59. The van der Waals surface area contributed by atoms with Gasteiger partial charge in [-0.25, -0.2) is 4.79 Å². The summed E-state index contributed by atoms with van der Waals surface area (Å²) in [6.45, 7) is 3.43. The fraction of sp³-hybridized carbons (Fsp3) is 0.882. The minimum Gasteiger partial charge on any atom is -0.481 e. The number of hydrogen-bond donors (Lipinski definition) is 3. The van der Waals surface area contributed by atoms with Crippen molar-refractivity contribution in [3.05, 3.63) is 0 Å². The fourth-order valence-corrected chi connectivity index (χ4v) is 2.55. The van der Waals surface area contributed by atoms with Crippen LogP contribution in [0.1, 0.15) is 58.3 Å². The minimum atomic E-state index is -0.893. The van der Waals surface area contributed by atoms with Gasteiger partial charge in [0.25, 0.3) is 0 Å². The monoisotopic (exact) mass is 330 g/mol. The summed E-state index contributed by atoms with van der Waals surface area (Å²) < 4.78 is 0.607. The molecule has 0 aliphatic rings. The Bertz CT molecular complexity index is 340. The first kappa shape index (κ1) is 21.7. The number of carboxylic acids is 1. The van der Waals surface area contributed by atoms with E-state index in [1.54, 1.807) is 0 Å². The predicted octanol–water partition coefficient (Wildman–Crippen LogP) is 2.59. The largest absolute Gasteiger partial charge is 0.481 e. The maximum Gasteiger partial charge on any atom is 0.315 e. The molecule has 0 rings (SSSR count). The number of rotatable bonds is 13. The zero-order valence-corrected chi connectivity index (χ0v) is 15.4. The molecule has 0 spiro atoms. The Morgan fingerprint density at radius 1 is 1.00 bits per heavy atom. The predicted molar refractivity (Wildman–Crippen MR) is 93.5 cm³/mol. The molecule has 6 heteroatoms. The molecule has 0 aromatic heterocycles. The van der Waals surface area contributed by atoms with E-state index in [4.69, 9.17) is 5.11 Å². The van der Waals surface area contributed by atoms with E-state index >= 15 is 0 Å². The number of urea groups is 1. The molecular formula is C17H36N3O3+. The van der Waals surface area contributed by atoms with Crippen molar-refractivity contribution < 1.29 is 19.2 Å². The van der Waals surface area contributed by atoms with Crippen molar-refractivity contribution in [2.75, 3.05) is 34.2 Å². The Kier molecular flexibility index (Phi) is 11.5. The molecule has 2 amide bonds. The van der Waals surface area contributed by atoms with Gasteiger partial charge in [0.05, 0.1) is 40.2 Å². The van der Waals surface area contributed by atoms with Crippen molar-refractivity contribution >= 4 is 12.0 Å². The summed E-state index contributed by atoms with van der Waals surface area (Å²) in [5.74, 6) is -0.893. The standard InChI is InChI=1S/C17H35N3O3/c1-5-6-7-8-9-10-11-12-18-17(23)19-15(13-16(21)22)14-20(2,3)4/h15H,5-14H2,1-4H3,(H2-,18,19,21,22,23)/p+1. The van der Waals surface area contributed by atoms with E-state index in [1.165, 1.54) is 32.1 Å². The molecule has 0 radical (unpaired) electrons. The zero-order valence-electron chi connectivity index (χ0n) is 15.4. The van der Waals surface area contributed by atoms with E-state index in [0.29, 0.717) is 17.6 Å². The first-order valence-corrected chi connectivity index (χ1v) is 8.81. The third-order valence-corrected chi connectivity index (χ3v) is 3.59. The van der Waals surface area contributed by atoms with Crippen LogP contribution in [-0.2, 0) is 4.79 Å². The molecule has 0 fully saturated rings. The van der Waals surface area contributed by atoms with Gasteiger partial charge in [0, 0.05) is 6.54 Å². The van der Waals surface area contributed by atoms with Crippen molar-refractivity contribution in [2.24, 2.45) is 0 Å². The lowest BCUT2D eigenvalue weighted by Gasteiger charge is -2.29. The van der Waals surface area contributed by atoms with Gasteiger partial charge in [-0.2, -0.15) is 0 Å². The summed E-state index contributed by atoms with van der Waals surface area (Å²) in [6, 6.07) is -0.628. The van der Waals surface area contributed by atoms with Crippen LogP contribution in [0.4, 0.5) is 4.79 Å². The summed E-state index contributed by atoms with van der Waals surface area (Å²) >= 11 is 0. The SMILES string of the molecule is CCCCCCCCCNC(=O)NC(CC(=O)O)C[N+](C)(C)C. The molecule has 3 N–H and O–H groups in total. The van der Waals surface area contributed by atoms with E-state index in [1.807, 2.05) is 21.1 Å². The minimum absolute atomic E-state index is 0.0552. The van der Waals surface area contributed by atoms with E-state index in [0.717, 1.165) is 12.8 Å². The van der Waals surface area contributed by atoms with Gasteiger partial charge in [-0.1, -0.05) is 45.4 Å². The molecule has 0 aliphatic carbocycles. The number of carbonyl (C=O) groups excluding carboxylic acids is 1. The Labute approximate surface area is 141 Å². The van der Waals surface area contributed by atoms with Crippen LogP contribution in [-0.4, -0.2) is 61.9 Å². The summed E-state index contributed by atoms with van der Waals surface area (Å²) in [7, 11) is 5.94.